The Morgan fingerprint density at radius 1 is 1.03 bits per heavy atom. The Morgan fingerprint density at radius 2 is 1.71 bits per heavy atom. The summed E-state index contributed by atoms with van der Waals surface area (Å²) in [6, 6.07) is 16.3. The van der Waals surface area contributed by atoms with Gasteiger partial charge in [0, 0.05) is 18.1 Å². The van der Waals surface area contributed by atoms with Gasteiger partial charge in [-0.2, -0.15) is 13.2 Å². The number of carbonyl (C=O) groups is 2. The van der Waals surface area contributed by atoms with Crippen LogP contribution in [0.2, 0.25) is 0 Å². The van der Waals surface area contributed by atoms with E-state index in [2.05, 4.69) is 0 Å². The molecule has 1 aromatic heterocycles. The highest BCUT2D eigenvalue weighted by Gasteiger charge is 2.42. The Balaban J connectivity index is 1.75. The van der Waals surface area contributed by atoms with Gasteiger partial charge in [-0.05, 0) is 36.1 Å². The number of allylic oxidation sites excluding steroid dienone is 1. The summed E-state index contributed by atoms with van der Waals surface area (Å²) in [5, 5.41) is 0.739. The van der Waals surface area contributed by atoms with Crippen molar-refractivity contribution in [2.24, 2.45) is 0 Å². The zero-order valence-corrected chi connectivity index (χ0v) is 16.6. The van der Waals surface area contributed by atoms with Crippen LogP contribution in [-0.4, -0.2) is 34.2 Å². The van der Waals surface area contributed by atoms with Gasteiger partial charge >= 0.3 is 18.2 Å². The van der Waals surface area contributed by atoms with Crippen molar-refractivity contribution in [3.05, 3.63) is 77.6 Å². The number of ether oxygens (including phenoxy) is 1. The van der Waals surface area contributed by atoms with Crippen LogP contribution >= 0.6 is 0 Å². The lowest BCUT2D eigenvalue weighted by molar-refractivity contribution is -0.182. The van der Waals surface area contributed by atoms with E-state index < -0.39 is 18.2 Å². The van der Waals surface area contributed by atoms with Gasteiger partial charge in [0.1, 0.15) is 6.61 Å². The molecule has 0 unspecified atom stereocenters. The maximum Gasteiger partial charge on any atom is 0.471 e. The van der Waals surface area contributed by atoms with Gasteiger partial charge < -0.3 is 9.64 Å². The molecule has 1 aliphatic heterocycles. The molecule has 1 amide bonds. The Kier molecular flexibility index (Phi) is 5.31. The van der Waals surface area contributed by atoms with Crippen LogP contribution in [0.4, 0.5) is 18.0 Å². The standard InChI is InChI=1S/C23H19F3N2O3/c1-15-13-27(21(29)23(24,25)26)12-11-18-17-9-5-6-10-19(17)28(20(15)18)22(30)31-14-16-7-3-2-4-8-16/h2-10,13H,11-12,14H2,1H3. The van der Waals surface area contributed by atoms with Crippen molar-refractivity contribution in [2.75, 3.05) is 6.54 Å². The van der Waals surface area contributed by atoms with Gasteiger partial charge in [-0.1, -0.05) is 48.5 Å². The molecule has 1 aliphatic rings. The third kappa shape index (κ3) is 3.93. The molecule has 0 N–H and O–H groups in total. The number of benzene rings is 2. The predicted octanol–water partition coefficient (Wildman–Crippen LogP) is 5.13. The second-order valence-electron chi connectivity index (χ2n) is 7.28. The number of halogens is 3. The first-order chi connectivity index (χ1) is 14.8. The summed E-state index contributed by atoms with van der Waals surface area (Å²) in [5.41, 5.74) is 2.95. The molecule has 8 heteroatoms. The van der Waals surface area contributed by atoms with E-state index in [0.717, 1.165) is 17.1 Å². The van der Waals surface area contributed by atoms with Crippen LogP contribution in [0, 0.1) is 0 Å². The van der Waals surface area contributed by atoms with E-state index in [4.69, 9.17) is 4.74 Å². The normalized spacial score (nSPS) is 14.1. The molecule has 0 aliphatic carbocycles. The Labute approximate surface area is 176 Å². The van der Waals surface area contributed by atoms with Gasteiger partial charge in [0.05, 0.1) is 11.2 Å². The lowest BCUT2D eigenvalue weighted by Crippen LogP contribution is -2.38. The lowest BCUT2D eigenvalue weighted by Gasteiger charge is -2.19. The quantitative estimate of drug-likeness (QED) is 0.568. The summed E-state index contributed by atoms with van der Waals surface area (Å²) in [6.07, 6.45) is -4.28. The number of hydrogen-bond acceptors (Lipinski definition) is 3. The number of alkyl halides is 3. The van der Waals surface area contributed by atoms with Crippen LogP contribution in [0.3, 0.4) is 0 Å². The zero-order valence-electron chi connectivity index (χ0n) is 16.6. The second-order valence-corrected chi connectivity index (χ2v) is 7.28. The summed E-state index contributed by atoms with van der Waals surface area (Å²) < 4.78 is 45.8. The molecular weight excluding hydrogens is 409 g/mol. The van der Waals surface area contributed by atoms with Crippen LogP contribution in [-0.2, 0) is 22.6 Å². The Hall–Kier alpha value is -3.55. The highest BCUT2D eigenvalue weighted by Crippen LogP contribution is 2.34. The minimum atomic E-state index is -4.97. The Bertz CT molecular complexity index is 1180. The Morgan fingerprint density at radius 3 is 2.42 bits per heavy atom. The molecule has 31 heavy (non-hydrogen) atoms. The first-order valence-electron chi connectivity index (χ1n) is 9.67. The van der Waals surface area contributed by atoms with Crippen LogP contribution in [0.15, 0.2) is 60.8 Å². The molecule has 0 atom stereocenters. The van der Waals surface area contributed by atoms with Gasteiger partial charge in [0.15, 0.2) is 0 Å². The molecule has 5 nitrogen and oxygen atoms in total. The lowest BCUT2D eigenvalue weighted by atomic mass is 10.1. The number of nitrogens with zero attached hydrogens (tertiary/aromatic N) is 2. The minimum absolute atomic E-state index is 0.0579. The molecule has 160 valence electrons. The maximum absolute atomic E-state index is 13.1. The van der Waals surface area contributed by atoms with Crippen molar-refractivity contribution in [3.8, 4) is 0 Å². The average molecular weight is 428 g/mol. The molecule has 0 fully saturated rings. The number of fused-ring (bicyclic) bond motifs is 3. The monoisotopic (exact) mass is 428 g/mol. The molecular formula is C23H19F3N2O3. The number of amides is 1. The molecule has 0 saturated heterocycles. The number of para-hydroxylation sites is 1. The van der Waals surface area contributed by atoms with Gasteiger partial charge in [0.25, 0.3) is 0 Å². The summed E-state index contributed by atoms with van der Waals surface area (Å²) in [6.45, 7) is 1.50. The third-order valence-corrected chi connectivity index (χ3v) is 5.20. The van der Waals surface area contributed by atoms with Gasteiger partial charge in [-0.25, -0.2) is 9.36 Å². The second kappa shape index (κ2) is 7.94. The first-order valence-corrected chi connectivity index (χ1v) is 9.67. The van der Waals surface area contributed by atoms with Crippen molar-refractivity contribution in [1.29, 1.82) is 0 Å². The van der Waals surface area contributed by atoms with Crippen molar-refractivity contribution in [1.82, 2.24) is 9.47 Å². The number of rotatable bonds is 2. The molecule has 2 aromatic carbocycles. The summed E-state index contributed by atoms with van der Waals surface area (Å²) >= 11 is 0. The van der Waals surface area contributed by atoms with Crippen molar-refractivity contribution in [2.45, 2.75) is 26.1 Å². The van der Waals surface area contributed by atoms with Gasteiger partial charge in [-0.15, -0.1) is 0 Å². The van der Waals surface area contributed by atoms with E-state index in [1.54, 1.807) is 25.1 Å². The highest BCUT2D eigenvalue weighted by molar-refractivity contribution is 5.98. The SMILES string of the molecule is CC1=CN(C(=O)C(F)(F)F)CCc2c1n(C(=O)OCc1ccccc1)c1ccccc21. The fraction of sp³-hybridized carbons (Fsp3) is 0.217. The summed E-state index contributed by atoms with van der Waals surface area (Å²) in [4.78, 5) is 25.5. The van der Waals surface area contributed by atoms with E-state index in [0.29, 0.717) is 27.2 Å². The van der Waals surface area contributed by atoms with Crippen molar-refractivity contribution in [3.63, 3.8) is 0 Å². The largest absolute Gasteiger partial charge is 0.471 e. The van der Waals surface area contributed by atoms with Crippen molar-refractivity contribution >= 4 is 28.5 Å². The predicted molar refractivity (Wildman–Crippen MR) is 109 cm³/mol. The fourth-order valence-electron chi connectivity index (χ4n) is 3.86. The topological polar surface area (TPSA) is 51.5 Å². The minimum Gasteiger partial charge on any atom is -0.444 e. The number of aromatic nitrogens is 1. The van der Waals surface area contributed by atoms with E-state index in [1.807, 2.05) is 36.4 Å². The van der Waals surface area contributed by atoms with Crippen LogP contribution < -0.4 is 0 Å². The van der Waals surface area contributed by atoms with Crippen molar-refractivity contribution < 1.29 is 27.5 Å². The molecule has 2 heterocycles. The van der Waals surface area contributed by atoms with Crippen LogP contribution in [0.5, 0.6) is 0 Å². The van der Waals surface area contributed by atoms with E-state index in [9.17, 15) is 22.8 Å². The summed E-state index contributed by atoms with van der Waals surface area (Å²) in [5.74, 6) is -1.93. The number of hydrogen-bond donors (Lipinski definition) is 0. The fourth-order valence-corrected chi connectivity index (χ4v) is 3.86. The average Bonchev–Trinajstić information content (AvgIpc) is 2.99. The summed E-state index contributed by atoms with van der Waals surface area (Å²) in [7, 11) is 0. The number of carbonyl (C=O) groups excluding carboxylic acids is 2. The zero-order chi connectivity index (χ0) is 22.2. The smallest absolute Gasteiger partial charge is 0.444 e. The molecule has 3 aromatic rings. The third-order valence-electron chi connectivity index (χ3n) is 5.20. The molecule has 0 bridgehead atoms. The van der Waals surface area contributed by atoms with E-state index >= 15 is 0 Å². The van der Waals surface area contributed by atoms with Crippen LogP contribution in [0.25, 0.3) is 16.5 Å². The van der Waals surface area contributed by atoms with Gasteiger partial charge in [-0.3, -0.25) is 4.79 Å². The molecule has 0 radical (unpaired) electrons. The molecule has 0 spiro atoms. The molecule has 4 rings (SSSR count). The van der Waals surface area contributed by atoms with Crippen LogP contribution in [0.1, 0.15) is 23.7 Å². The maximum atomic E-state index is 13.1. The van der Waals surface area contributed by atoms with Gasteiger partial charge in [0.2, 0.25) is 0 Å². The van der Waals surface area contributed by atoms with E-state index in [1.165, 1.54) is 4.57 Å². The molecule has 0 saturated carbocycles. The van der Waals surface area contributed by atoms with E-state index in [-0.39, 0.29) is 19.6 Å². The first kappa shape index (κ1) is 20.7. The highest BCUT2D eigenvalue weighted by atomic mass is 19.4.